The first-order valence-corrected chi connectivity index (χ1v) is 7.05. The molecule has 1 fully saturated rings. The molecule has 1 N–H and O–H groups in total. The van der Waals surface area contributed by atoms with Gasteiger partial charge in [0.05, 0.1) is 0 Å². The van der Waals surface area contributed by atoms with Gasteiger partial charge in [0, 0.05) is 24.4 Å². The number of hydrogen-bond acceptors (Lipinski definition) is 2. The molecule has 2 atom stereocenters. The second-order valence-corrected chi connectivity index (χ2v) is 5.55. The summed E-state index contributed by atoms with van der Waals surface area (Å²) in [5.74, 6) is 0.695. The molecule has 0 radical (unpaired) electrons. The normalized spacial score (nSPS) is 23.1. The molecule has 19 heavy (non-hydrogen) atoms. The maximum absolute atomic E-state index is 12.9. The summed E-state index contributed by atoms with van der Waals surface area (Å²) in [7, 11) is 0. The number of amides is 1. The summed E-state index contributed by atoms with van der Waals surface area (Å²) >= 11 is 0. The topological polar surface area (TPSA) is 42.0 Å². The third-order valence-electron chi connectivity index (χ3n) is 3.87. The lowest BCUT2D eigenvalue weighted by molar-refractivity contribution is 0.0949. The molecule has 0 bridgehead atoms. The Morgan fingerprint density at radius 3 is 3.11 bits per heavy atom. The van der Waals surface area contributed by atoms with E-state index in [-0.39, 0.29) is 5.91 Å². The Morgan fingerprint density at radius 1 is 1.53 bits per heavy atom. The Hall–Kier alpha value is -1.45. The monoisotopic (exact) mass is 264 g/mol. The van der Waals surface area contributed by atoms with E-state index < -0.39 is 5.95 Å². The minimum atomic E-state index is -0.617. The Morgan fingerprint density at radius 2 is 2.37 bits per heavy atom. The van der Waals surface area contributed by atoms with Crippen LogP contribution in [0.3, 0.4) is 0 Å². The second kappa shape index (κ2) is 6.64. The number of aromatic nitrogens is 1. The van der Waals surface area contributed by atoms with E-state index in [0.717, 1.165) is 24.3 Å². The zero-order valence-electron chi connectivity index (χ0n) is 11.4. The maximum Gasteiger partial charge on any atom is 0.251 e. The van der Waals surface area contributed by atoms with Crippen LogP contribution >= 0.6 is 0 Å². The van der Waals surface area contributed by atoms with Crippen LogP contribution < -0.4 is 5.32 Å². The van der Waals surface area contributed by atoms with Gasteiger partial charge in [0.25, 0.3) is 5.91 Å². The number of rotatable bonds is 4. The molecule has 1 aromatic rings. The number of carbonyl (C=O) groups is 1. The molecule has 0 aliphatic heterocycles. The molecule has 1 aliphatic carbocycles. The zero-order valence-corrected chi connectivity index (χ0v) is 11.4. The highest BCUT2D eigenvalue weighted by Crippen LogP contribution is 2.30. The van der Waals surface area contributed by atoms with Gasteiger partial charge in [-0.15, -0.1) is 0 Å². The number of nitrogens with one attached hydrogen (secondary N) is 1. The summed E-state index contributed by atoms with van der Waals surface area (Å²) in [6.07, 6.45) is 7.50. The maximum atomic E-state index is 12.9. The molecular weight excluding hydrogens is 243 g/mol. The predicted molar refractivity (Wildman–Crippen MR) is 72.3 cm³/mol. The zero-order chi connectivity index (χ0) is 13.7. The molecule has 0 saturated heterocycles. The van der Waals surface area contributed by atoms with Gasteiger partial charge in [-0.05, 0) is 30.7 Å². The summed E-state index contributed by atoms with van der Waals surface area (Å²) in [6, 6.07) is 2.69. The van der Waals surface area contributed by atoms with Crippen molar-refractivity contribution in [3.8, 4) is 0 Å². The lowest BCUT2D eigenvalue weighted by atomic mass is 9.81. The number of halogens is 1. The van der Waals surface area contributed by atoms with Crippen molar-refractivity contribution in [2.75, 3.05) is 6.54 Å². The van der Waals surface area contributed by atoms with Crippen molar-refractivity contribution in [1.82, 2.24) is 10.3 Å². The fourth-order valence-electron chi connectivity index (χ4n) is 2.86. The first kappa shape index (κ1) is 14.0. The van der Waals surface area contributed by atoms with Gasteiger partial charge >= 0.3 is 0 Å². The third-order valence-corrected chi connectivity index (χ3v) is 3.87. The van der Waals surface area contributed by atoms with E-state index in [1.165, 1.54) is 37.9 Å². The molecule has 0 aromatic carbocycles. The Balaban J connectivity index is 1.75. The van der Waals surface area contributed by atoms with E-state index in [2.05, 4.69) is 17.2 Å². The first-order chi connectivity index (χ1) is 9.15. The molecule has 1 amide bonds. The van der Waals surface area contributed by atoms with E-state index >= 15 is 0 Å². The Bertz CT molecular complexity index is 436. The van der Waals surface area contributed by atoms with Crippen LogP contribution in [0, 0.1) is 17.8 Å². The van der Waals surface area contributed by atoms with Crippen LogP contribution in [0.15, 0.2) is 18.3 Å². The lowest BCUT2D eigenvalue weighted by Gasteiger charge is -2.26. The highest BCUT2D eigenvalue weighted by Gasteiger charge is 2.18. The predicted octanol–water partition coefficient (Wildman–Crippen LogP) is 3.17. The summed E-state index contributed by atoms with van der Waals surface area (Å²) in [6.45, 7) is 2.96. The standard InChI is InChI=1S/C15H21FN2O/c1-11-3-2-4-12(9-11)5-7-18-15(19)13-6-8-17-14(16)10-13/h6,8,10-12H,2-5,7,9H2,1H3,(H,18,19). The molecule has 4 heteroatoms. The molecule has 2 rings (SSSR count). The van der Waals surface area contributed by atoms with Crippen LogP contribution in [0.5, 0.6) is 0 Å². The van der Waals surface area contributed by atoms with Gasteiger partial charge in [0.1, 0.15) is 0 Å². The minimum absolute atomic E-state index is 0.217. The fourth-order valence-corrected chi connectivity index (χ4v) is 2.86. The van der Waals surface area contributed by atoms with Crippen LogP contribution in [-0.2, 0) is 0 Å². The van der Waals surface area contributed by atoms with E-state index in [1.54, 1.807) is 0 Å². The van der Waals surface area contributed by atoms with Crippen LogP contribution in [0.25, 0.3) is 0 Å². The second-order valence-electron chi connectivity index (χ2n) is 5.55. The van der Waals surface area contributed by atoms with E-state index in [4.69, 9.17) is 0 Å². The molecule has 1 heterocycles. The van der Waals surface area contributed by atoms with Crippen molar-refractivity contribution in [1.29, 1.82) is 0 Å². The Labute approximate surface area is 113 Å². The molecule has 1 aliphatic rings. The molecule has 0 spiro atoms. The molecule has 104 valence electrons. The average Bonchev–Trinajstić information content (AvgIpc) is 2.38. The van der Waals surface area contributed by atoms with Crippen molar-refractivity contribution >= 4 is 5.91 Å². The molecule has 2 unspecified atom stereocenters. The van der Waals surface area contributed by atoms with Crippen LogP contribution in [0.1, 0.15) is 49.4 Å². The van der Waals surface area contributed by atoms with Gasteiger partial charge in [-0.1, -0.05) is 26.2 Å². The molecule has 1 aromatic heterocycles. The molecule has 3 nitrogen and oxygen atoms in total. The first-order valence-electron chi connectivity index (χ1n) is 7.05. The van der Waals surface area contributed by atoms with Crippen molar-refractivity contribution in [3.05, 3.63) is 29.8 Å². The van der Waals surface area contributed by atoms with Crippen molar-refractivity contribution in [2.24, 2.45) is 11.8 Å². The van der Waals surface area contributed by atoms with Gasteiger partial charge in [0.15, 0.2) is 0 Å². The van der Waals surface area contributed by atoms with E-state index in [1.807, 2.05) is 0 Å². The van der Waals surface area contributed by atoms with E-state index in [9.17, 15) is 9.18 Å². The average molecular weight is 264 g/mol. The summed E-state index contributed by atoms with van der Waals surface area (Å²) < 4.78 is 12.9. The third kappa shape index (κ3) is 4.30. The van der Waals surface area contributed by atoms with Crippen LogP contribution in [-0.4, -0.2) is 17.4 Å². The van der Waals surface area contributed by atoms with Gasteiger partial charge in [-0.2, -0.15) is 4.39 Å². The van der Waals surface area contributed by atoms with Crippen LogP contribution in [0.2, 0.25) is 0 Å². The minimum Gasteiger partial charge on any atom is -0.352 e. The van der Waals surface area contributed by atoms with Gasteiger partial charge in [-0.25, -0.2) is 4.98 Å². The summed E-state index contributed by atoms with van der Waals surface area (Å²) in [4.78, 5) is 15.2. The number of nitrogens with zero attached hydrogens (tertiary/aromatic N) is 1. The van der Waals surface area contributed by atoms with Crippen molar-refractivity contribution in [3.63, 3.8) is 0 Å². The van der Waals surface area contributed by atoms with Gasteiger partial charge in [-0.3, -0.25) is 4.79 Å². The molecule has 1 saturated carbocycles. The molecular formula is C15H21FN2O. The summed E-state index contributed by atoms with van der Waals surface area (Å²) in [5.41, 5.74) is 0.338. The van der Waals surface area contributed by atoms with Crippen LogP contribution in [0.4, 0.5) is 4.39 Å². The largest absolute Gasteiger partial charge is 0.352 e. The highest BCUT2D eigenvalue weighted by atomic mass is 19.1. The van der Waals surface area contributed by atoms with Crippen molar-refractivity contribution in [2.45, 2.75) is 39.0 Å². The smallest absolute Gasteiger partial charge is 0.251 e. The fraction of sp³-hybridized carbons (Fsp3) is 0.600. The van der Waals surface area contributed by atoms with Gasteiger partial charge in [0.2, 0.25) is 5.95 Å². The SMILES string of the molecule is CC1CCCC(CCNC(=O)c2ccnc(F)c2)C1. The summed E-state index contributed by atoms with van der Waals surface area (Å²) in [5, 5.41) is 2.85. The van der Waals surface area contributed by atoms with Gasteiger partial charge < -0.3 is 5.32 Å². The number of hydrogen-bond donors (Lipinski definition) is 1. The quantitative estimate of drug-likeness (QED) is 0.849. The highest BCUT2D eigenvalue weighted by molar-refractivity contribution is 5.93. The number of carbonyl (C=O) groups excluding carboxylic acids is 1. The van der Waals surface area contributed by atoms with Crippen molar-refractivity contribution < 1.29 is 9.18 Å². The number of pyridine rings is 1. The van der Waals surface area contributed by atoms with E-state index in [0.29, 0.717) is 12.1 Å². The lowest BCUT2D eigenvalue weighted by Crippen LogP contribution is -2.27. The Kier molecular flexibility index (Phi) is 4.88.